The molecule has 0 aliphatic rings. The van der Waals surface area contributed by atoms with Gasteiger partial charge in [0.15, 0.2) is 0 Å². The number of nitrogens with zero attached hydrogens (tertiary/aromatic N) is 1. The van der Waals surface area contributed by atoms with Crippen molar-refractivity contribution in [2.45, 2.75) is 13.3 Å². The average Bonchev–Trinajstić information content (AvgIpc) is 1.83. The number of rotatable bonds is 4. The van der Waals surface area contributed by atoms with Crippen molar-refractivity contribution in [2.75, 3.05) is 6.61 Å². The zero-order chi connectivity index (χ0) is 6.41. The van der Waals surface area contributed by atoms with Crippen LogP contribution in [0.25, 0.3) is 0 Å². The summed E-state index contributed by atoms with van der Waals surface area (Å²) in [7, 11) is 0. The first-order chi connectivity index (χ1) is 3.81. The van der Waals surface area contributed by atoms with E-state index in [-0.39, 0.29) is 0 Å². The average molecular weight is 131 g/mol. The van der Waals surface area contributed by atoms with E-state index in [1.807, 2.05) is 6.92 Å². The molecule has 8 heavy (non-hydrogen) atoms. The maximum absolute atomic E-state index is 4.88. The third-order valence-electron chi connectivity index (χ3n) is 0.575. The molecule has 0 aromatic rings. The first-order valence-corrected chi connectivity index (χ1v) is 2.82. The summed E-state index contributed by atoms with van der Waals surface area (Å²) in [6.07, 6.45) is 0.962. The molecule has 0 unspecified atom stereocenters. The summed E-state index contributed by atoms with van der Waals surface area (Å²) < 4.78 is 8.17. The number of hydrogen-bond acceptors (Lipinski definition) is 3. The highest BCUT2D eigenvalue weighted by molar-refractivity contribution is 7.47. The summed E-state index contributed by atoms with van der Waals surface area (Å²) >= 11 is 4.29. The molecule has 0 N–H and O–H groups in total. The molecule has 0 saturated heterocycles. The third kappa shape index (κ3) is 3.74. The molecule has 3 heteroatoms. The van der Waals surface area contributed by atoms with Crippen molar-refractivity contribution in [3.8, 4) is 0 Å². The highest BCUT2D eigenvalue weighted by Gasteiger charge is 1.84. The van der Waals surface area contributed by atoms with Gasteiger partial charge in [0.1, 0.15) is 0 Å². The Morgan fingerprint density at radius 1 is 1.88 bits per heavy atom. The molecule has 0 spiro atoms. The summed E-state index contributed by atoms with van der Waals surface area (Å²) in [6.45, 7) is 6.08. The van der Waals surface area contributed by atoms with E-state index in [9.17, 15) is 0 Å². The van der Waals surface area contributed by atoms with Crippen LogP contribution in [0.1, 0.15) is 13.3 Å². The van der Waals surface area contributed by atoms with Crippen molar-refractivity contribution in [3.05, 3.63) is 12.5 Å². The van der Waals surface area contributed by atoms with Crippen molar-refractivity contribution in [3.63, 3.8) is 0 Å². The van der Waals surface area contributed by atoms with Gasteiger partial charge in [0.05, 0.1) is 6.61 Å². The maximum atomic E-state index is 4.88. The minimum absolute atomic E-state index is 0.335. The van der Waals surface area contributed by atoms with E-state index in [1.54, 1.807) is 0 Å². The fraction of sp³-hybridized carbons (Fsp3) is 0.600. The molecule has 46 valence electrons. The van der Waals surface area contributed by atoms with E-state index in [1.165, 1.54) is 0 Å². The van der Waals surface area contributed by atoms with E-state index in [0.717, 1.165) is 6.42 Å². The zero-order valence-electron chi connectivity index (χ0n) is 4.89. The largest absolute Gasteiger partial charge is 0.477 e. The molecule has 0 aromatic carbocycles. The fourth-order valence-electron chi connectivity index (χ4n) is 0.246. The minimum atomic E-state index is 0.335. The van der Waals surface area contributed by atoms with Gasteiger partial charge in [-0.15, -0.1) is 4.36 Å². The molecule has 0 aliphatic carbocycles. The SMILES string of the molecule is C=C(N=S)OCCC. The van der Waals surface area contributed by atoms with Crippen molar-refractivity contribution in [2.24, 2.45) is 4.36 Å². The van der Waals surface area contributed by atoms with Crippen molar-refractivity contribution in [1.29, 1.82) is 0 Å². The van der Waals surface area contributed by atoms with Crippen LogP contribution in [0.2, 0.25) is 0 Å². The van der Waals surface area contributed by atoms with Gasteiger partial charge in [0.25, 0.3) is 0 Å². The van der Waals surface area contributed by atoms with Crippen LogP contribution in [-0.4, -0.2) is 6.61 Å². The lowest BCUT2D eigenvalue weighted by atomic mass is 10.5. The standard InChI is InChI=1S/C5H9NOS/c1-3-4-7-5(2)6-8/h2-4H2,1H3. The molecule has 0 saturated carbocycles. The van der Waals surface area contributed by atoms with E-state index in [0.29, 0.717) is 12.5 Å². The Bertz CT molecular complexity index is 92.4. The normalized spacial score (nSPS) is 8.12. The van der Waals surface area contributed by atoms with Gasteiger partial charge in [-0.05, 0) is 13.0 Å². The number of hydrogen-bond donors (Lipinski definition) is 0. The molecule has 2 nitrogen and oxygen atoms in total. The van der Waals surface area contributed by atoms with Crippen LogP contribution in [-0.2, 0) is 17.2 Å². The highest BCUT2D eigenvalue weighted by atomic mass is 32.1. The molecular formula is C5H9NOS. The molecule has 0 atom stereocenters. The van der Waals surface area contributed by atoms with E-state index < -0.39 is 0 Å². The molecule has 0 aliphatic heterocycles. The summed E-state index contributed by atoms with van der Waals surface area (Å²) in [5.41, 5.74) is 0. The lowest BCUT2D eigenvalue weighted by Gasteiger charge is -1.97. The molecule has 0 amide bonds. The van der Waals surface area contributed by atoms with Crippen molar-refractivity contribution >= 4 is 12.4 Å². The van der Waals surface area contributed by atoms with Gasteiger partial charge in [-0.3, -0.25) is 0 Å². The predicted octanol–water partition coefficient (Wildman–Crippen LogP) is 1.61. The Balaban J connectivity index is 3.11. The summed E-state index contributed by atoms with van der Waals surface area (Å²) in [5.74, 6) is 0.335. The van der Waals surface area contributed by atoms with E-state index in [2.05, 4.69) is 23.4 Å². The highest BCUT2D eigenvalue weighted by Crippen LogP contribution is 1.93. The van der Waals surface area contributed by atoms with Gasteiger partial charge in [-0.2, -0.15) is 0 Å². The predicted molar refractivity (Wildman–Crippen MR) is 35.2 cm³/mol. The van der Waals surface area contributed by atoms with Crippen LogP contribution in [0.15, 0.2) is 16.8 Å². The molecule has 0 rings (SSSR count). The van der Waals surface area contributed by atoms with Gasteiger partial charge in [0, 0.05) is 12.4 Å². The van der Waals surface area contributed by atoms with Crippen LogP contribution < -0.4 is 0 Å². The maximum Gasteiger partial charge on any atom is 0.217 e. The Morgan fingerprint density at radius 3 is 2.88 bits per heavy atom. The summed E-state index contributed by atoms with van der Waals surface area (Å²) in [4.78, 5) is 0. The van der Waals surface area contributed by atoms with Crippen LogP contribution in [0.5, 0.6) is 0 Å². The van der Waals surface area contributed by atoms with Crippen LogP contribution >= 0.6 is 0 Å². The van der Waals surface area contributed by atoms with E-state index in [4.69, 9.17) is 4.74 Å². The second-order valence-corrected chi connectivity index (χ2v) is 1.52. The first kappa shape index (κ1) is 7.56. The van der Waals surface area contributed by atoms with Gasteiger partial charge in [0.2, 0.25) is 5.88 Å². The van der Waals surface area contributed by atoms with Gasteiger partial charge < -0.3 is 4.74 Å². The zero-order valence-corrected chi connectivity index (χ0v) is 5.70. The first-order valence-electron chi connectivity index (χ1n) is 2.46. The molecule has 0 bridgehead atoms. The quantitative estimate of drug-likeness (QED) is 0.541. The molecule has 0 radical (unpaired) electrons. The topological polar surface area (TPSA) is 21.6 Å². The molecule has 0 aromatic heterocycles. The monoisotopic (exact) mass is 131 g/mol. The van der Waals surface area contributed by atoms with Crippen LogP contribution in [0.4, 0.5) is 0 Å². The molecule has 0 fully saturated rings. The van der Waals surface area contributed by atoms with Crippen molar-refractivity contribution in [1.82, 2.24) is 0 Å². The van der Waals surface area contributed by atoms with Crippen LogP contribution in [0.3, 0.4) is 0 Å². The number of ether oxygens (including phenoxy) is 1. The summed E-state index contributed by atoms with van der Waals surface area (Å²) in [5, 5.41) is 0. The minimum Gasteiger partial charge on any atom is -0.477 e. The molecule has 0 heterocycles. The van der Waals surface area contributed by atoms with Gasteiger partial charge >= 0.3 is 0 Å². The second-order valence-electron chi connectivity index (χ2n) is 1.33. The fourth-order valence-corrected chi connectivity index (χ4v) is 0.299. The Labute approximate surface area is 54.7 Å². The lowest BCUT2D eigenvalue weighted by Crippen LogP contribution is -1.87. The Morgan fingerprint density at radius 2 is 2.50 bits per heavy atom. The summed E-state index contributed by atoms with van der Waals surface area (Å²) in [6, 6.07) is 0. The lowest BCUT2D eigenvalue weighted by molar-refractivity contribution is 0.213. The van der Waals surface area contributed by atoms with Crippen LogP contribution in [0, 0.1) is 0 Å². The van der Waals surface area contributed by atoms with E-state index >= 15 is 0 Å². The second kappa shape index (κ2) is 4.71. The van der Waals surface area contributed by atoms with Gasteiger partial charge in [-0.1, -0.05) is 6.92 Å². The Kier molecular flexibility index (Phi) is 4.45. The van der Waals surface area contributed by atoms with Gasteiger partial charge in [-0.25, -0.2) is 0 Å². The van der Waals surface area contributed by atoms with Crippen molar-refractivity contribution < 1.29 is 4.74 Å². The smallest absolute Gasteiger partial charge is 0.217 e. The molecular weight excluding hydrogens is 122 g/mol. The Hall–Kier alpha value is -0.440. The third-order valence-corrected chi connectivity index (χ3v) is 0.778.